The predicted molar refractivity (Wildman–Crippen MR) is 100 cm³/mol. The SMILES string of the molecule is COC(=O)[C@H](Cc1ccccc1)NC(=O)c1cc(Br)ccc1-n1cnnn1. The summed E-state index contributed by atoms with van der Waals surface area (Å²) in [6.07, 6.45) is 1.70. The maximum absolute atomic E-state index is 12.9. The number of amides is 1. The Morgan fingerprint density at radius 1 is 1.22 bits per heavy atom. The number of benzene rings is 2. The van der Waals surface area contributed by atoms with Crippen molar-refractivity contribution in [1.29, 1.82) is 0 Å². The normalized spacial score (nSPS) is 11.6. The Bertz CT molecular complexity index is 931. The van der Waals surface area contributed by atoms with Gasteiger partial charge in [-0.05, 0) is 34.2 Å². The molecule has 0 radical (unpaired) electrons. The van der Waals surface area contributed by atoms with E-state index in [0.717, 1.165) is 5.56 Å². The second-order valence-corrected chi connectivity index (χ2v) is 6.57. The average molecular weight is 430 g/mol. The van der Waals surface area contributed by atoms with Crippen molar-refractivity contribution in [1.82, 2.24) is 25.5 Å². The molecule has 2 aromatic carbocycles. The Labute approximate surface area is 163 Å². The second kappa shape index (κ2) is 8.54. The molecule has 0 saturated carbocycles. The zero-order valence-electron chi connectivity index (χ0n) is 14.4. The molecule has 0 unspecified atom stereocenters. The van der Waals surface area contributed by atoms with E-state index >= 15 is 0 Å². The van der Waals surface area contributed by atoms with E-state index in [2.05, 4.69) is 36.8 Å². The summed E-state index contributed by atoms with van der Waals surface area (Å²) in [5.74, 6) is -0.959. The van der Waals surface area contributed by atoms with Crippen molar-refractivity contribution in [2.24, 2.45) is 0 Å². The highest BCUT2D eigenvalue weighted by molar-refractivity contribution is 9.10. The number of nitrogens with one attached hydrogen (secondary N) is 1. The lowest BCUT2D eigenvalue weighted by molar-refractivity contribution is -0.142. The number of carbonyl (C=O) groups excluding carboxylic acids is 2. The van der Waals surface area contributed by atoms with Crippen LogP contribution in [0.5, 0.6) is 0 Å². The third kappa shape index (κ3) is 4.56. The lowest BCUT2D eigenvalue weighted by atomic mass is 10.0. The van der Waals surface area contributed by atoms with Gasteiger partial charge in [0.25, 0.3) is 5.91 Å². The molecule has 1 N–H and O–H groups in total. The molecular formula is C18H16BrN5O3. The van der Waals surface area contributed by atoms with Crippen LogP contribution in [0.1, 0.15) is 15.9 Å². The number of methoxy groups -OCH3 is 1. The molecule has 0 saturated heterocycles. The van der Waals surface area contributed by atoms with E-state index in [1.807, 2.05) is 30.3 Å². The van der Waals surface area contributed by atoms with Crippen molar-refractivity contribution in [3.05, 3.63) is 70.5 Å². The Morgan fingerprint density at radius 3 is 2.67 bits per heavy atom. The highest BCUT2D eigenvalue weighted by atomic mass is 79.9. The van der Waals surface area contributed by atoms with Gasteiger partial charge in [-0.1, -0.05) is 46.3 Å². The molecule has 1 heterocycles. The number of carbonyl (C=O) groups is 2. The van der Waals surface area contributed by atoms with Crippen molar-refractivity contribution in [3.63, 3.8) is 0 Å². The number of tetrazole rings is 1. The summed E-state index contributed by atoms with van der Waals surface area (Å²) in [7, 11) is 1.29. The van der Waals surface area contributed by atoms with Crippen LogP contribution in [0.3, 0.4) is 0 Å². The van der Waals surface area contributed by atoms with Crippen LogP contribution in [0, 0.1) is 0 Å². The van der Waals surface area contributed by atoms with Gasteiger partial charge in [0, 0.05) is 10.9 Å². The maximum atomic E-state index is 12.9. The van der Waals surface area contributed by atoms with Gasteiger partial charge >= 0.3 is 5.97 Å². The zero-order chi connectivity index (χ0) is 19.2. The lowest BCUT2D eigenvalue weighted by Gasteiger charge is -2.18. The number of hydrogen-bond donors (Lipinski definition) is 1. The summed E-state index contributed by atoms with van der Waals surface area (Å²) >= 11 is 3.36. The molecule has 27 heavy (non-hydrogen) atoms. The van der Waals surface area contributed by atoms with Crippen molar-refractivity contribution < 1.29 is 14.3 Å². The summed E-state index contributed by atoms with van der Waals surface area (Å²) in [6, 6.07) is 13.7. The van der Waals surface area contributed by atoms with Crippen LogP contribution in [-0.2, 0) is 16.0 Å². The van der Waals surface area contributed by atoms with Gasteiger partial charge in [-0.25, -0.2) is 4.79 Å². The van der Waals surface area contributed by atoms with Crippen LogP contribution in [0.2, 0.25) is 0 Å². The van der Waals surface area contributed by atoms with Gasteiger partial charge in [0.15, 0.2) is 0 Å². The number of esters is 1. The first-order valence-electron chi connectivity index (χ1n) is 8.04. The third-order valence-electron chi connectivity index (χ3n) is 3.87. The first-order valence-corrected chi connectivity index (χ1v) is 8.83. The summed E-state index contributed by atoms with van der Waals surface area (Å²) < 4.78 is 6.94. The standard InChI is InChI=1S/C18H16BrN5O3/c1-27-18(26)15(9-12-5-3-2-4-6-12)21-17(25)14-10-13(19)7-8-16(14)24-11-20-22-23-24/h2-8,10-11,15H,9H2,1H3,(H,21,25)/t15-/m0/s1. The molecule has 0 aliphatic heterocycles. The maximum Gasteiger partial charge on any atom is 0.328 e. The van der Waals surface area contributed by atoms with E-state index in [9.17, 15) is 9.59 Å². The minimum Gasteiger partial charge on any atom is -0.467 e. The summed E-state index contributed by atoms with van der Waals surface area (Å²) in [5, 5.41) is 13.8. The second-order valence-electron chi connectivity index (χ2n) is 5.65. The highest BCUT2D eigenvalue weighted by Crippen LogP contribution is 2.20. The van der Waals surface area contributed by atoms with Crippen LogP contribution in [0.4, 0.5) is 0 Å². The topological polar surface area (TPSA) is 99.0 Å². The van der Waals surface area contributed by atoms with Gasteiger partial charge in [0.1, 0.15) is 12.4 Å². The van der Waals surface area contributed by atoms with Crippen LogP contribution in [0.25, 0.3) is 5.69 Å². The molecule has 0 fully saturated rings. The fraction of sp³-hybridized carbons (Fsp3) is 0.167. The summed E-state index contributed by atoms with van der Waals surface area (Å²) in [6.45, 7) is 0. The van der Waals surface area contributed by atoms with E-state index in [0.29, 0.717) is 22.1 Å². The van der Waals surface area contributed by atoms with Gasteiger partial charge in [0.05, 0.1) is 18.4 Å². The Morgan fingerprint density at radius 2 is 2.00 bits per heavy atom. The Hall–Kier alpha value is -3.07. The molecule has 1 atom stereocenters. The van der Waals surface area contributed by atoms with Crippen molar-refractivity contribution in [2.45, 2.75) is 12.5 Å². The van der Waals surface area contributed by atoms with E-state index in [4.69, 9.17) is 4.74 Å². The van der Waals surface area contributed by atoms with E-state index < -0.39 is 17.9 Å². The van der Waals surface area contributed by atoms with E-state index in [1.54, 1.807) is 18.2 Å². The number of halogens is 1. The predicted octanol–water partition coefficient (Wildman–Crippen LogP) is 1.94. The fourth-order valence-corrected chi connectivity index (χ4v) is 2.94. The van der Waals surface area contributed by atoms with Crippen LogP contribution >= 0.6 is 15.9 Å². The van der Waals surface area contributed by atoms with Crippen molar-refractivity contribution in [3.8, 4) is 5.69 Å². The molecule has 8 nitrogen and oxygen atoms in total. The van der Waals surface area contributed by atoms with Crippen LogP contribution in [-0.4, -0.2) is 45.2 Å². The van der Waals surface area contributed by atoms with Gasteiger partial charge in [-0.15, -0.1) is 5.10 Å². The minimum atomic E-state index is -0.828. The molecule has 1 aromatic heterocycles. The lowest BCUT2D eigenvalue weighted by Crippen LogP contribution is -2.43. The van der Waals surface area contributed by atoms with Crippen LogP contribution in [0.15, 0.2) is 59.3 Å². The van der Waals surface area contributed by atoms with Gasteiger partial charge in [-0.2, -0.15) is 4.68 Å². The average Bonchev–Trinajstić information content (AvgIpc) is 3.22. The van der Waals surface area contributed by atoms with Crippen molar-refractivity contribution >= 4 is 27.8 Å². The number of nitrogens with zero attached hydrogens (tertiary/aromatic N) is 4. The monoisotopic (exact) mass is 429 g/mol. The summed E-state index contributed by atoms with van der Waals surface area (Å²) in [5.41, 5.74) is 1.71. The molecule has 3 aromatic rings. The smallest absolute Gasteiger partial charge is 0.328 e. The van der Waals surface area contributed by atoms with Gasteiger partial charge in [-0.3, -0.25) is 4.79 Å². The first-order chi connectivity index (χ1) is 13.1. The zero-order valence-corrected chi connectivity index (χ0v) is 16.0. The third-order valence-corrected chi connectivity index (χ3v) is 4.37. The molecule has 0 spiro atoms. The molecular weight excluding hydrogens is 414 g/mol. The van der Waals surface area contributed by atoms with E-state index in [1.165, 1.54) is 18.1 Å². The van der Waals surface area contributed by atoms with Crippen LogP contribution < -0.4 is 5.32 Å². The highest BCUT2D eigenvalue weighted by Gasteiger charge is 2.24. The molecule has 1 amide bonds. The number of ether oxygens (including phenoxy) is 1. The Balaban J connectivity index is 1.88. The summed E-state index contributed by atoms with van der Waals surface area (Å²) in [4.78, 5) is 25.1. The number of hydrogen-bond acceptors (Lipinski definition) is 6. The number of aromatic nitrogens is 4. The largest absolute Gasteiger partial charge is 0.467 e. The molecule has 9 heteroatoms. The number of rotatable bonds is 6. The quantitative estimate of drug-likeness (QED) is 0.601. The molecule has 138 valence electrons. The van der Waals surface area contributed by atoms with Crippen molar-refractivity contribution in [2.75, 3.05) is 7.11 Å². The van der Waals surface area contributed by atoms with Gasteiger partial charge in [0.2, 0.25) is 0 Å². The van der Waals surface area contributed by atoms with Gasteiger partial charge < -0.3 is 10.1 Å². The van der Waals surface area contributed by atoms with E-state index in [-0.39, 0.29) is 0 Å². The minimum absolute atomic E-state index is 0.313. The Kier molecular flexibility index (Phi) is 5.92. The molecule has 0 aliphatic rings. The first kappa shape index (κ1) is 18.7. The molecule has 3 rings (SSSR count). The molecule has 0 bridgehead atoms. The molecule has 0 aliphatic carbocycles. The fourth-order valence-electron chi connectivity index (χ4n) is 2.58.